The lowest BCUT2D eigenvalue weighted by atomic mass is 9.77. The van der Waals surface area contributed by atoms with Gasteiger partial charge in [-0.15, -0.1) is 0 Å². The van der Waals surface area contributed by atoms with Crippen LogP contribution in [0.4, 0.5) is 17.1 Å². The lowest BCUT2D eigenvalue weighted by molar-refractivity contribution is 1.29. The molecule has 0 amide bonds. The van der Waals surface area contributed by atoms with Crippen LogP contribution in [0.15, 0.2) is 224 Å². The minimum Gasteiger partial charge on any atom is -0.310 e. The Morgan fingerprint density at radius 3 is 1.11 bits per heavy atom. The molecule has 0 aromatic heterocycles. The lowest BCUT2D eigenvalue weighted by Crippen LogP contribution is -2.10. The first-order chi connectivity index (χ1) is 28.2. The topological polar surface area (TPSA) is 3.24 Å². The van der Waals surface area contributed by atoms with Crippen LogP contribution in [0.3, 0.4) is 0 Å². The molecule has 0 bridgehead atoms. The number of hydrogen-bond donors (Lipinski definition) is 0. The summed E-state index contributed by atoms with van der Waals surface area (Å²) in [4.78, 5) is 2.39. The number of anilines is 3. The lowest BCUT2D eigenvalue weighted by Gasteiger charge is -2.28. The third-order valence-electron chi connectivity index (χ3n) is 11.5. The maximum atomic E-state index is 2.39. The molecule has 0 unspecified atom stereocenters. The summed E-state index contributed by atoms with van der Waals surface area (Å²) in [5.74, 6) is 0. The van der Waals surface area contributed by atoms with E-state index in [2.05, 4.69) is 229 Å². The summed E-state index contributed by atoms with van der Waals surface area (Å²) in [6.45, 7) is 0. The highest BCUT2D eigenvalue weighted by Gasteiger charge is 2.24. The zero-order valence-corrected chi connectivity index (χ0v) is 31.3. The predicted molar refractivity (Wildman–Crippen MR) is 242 cm³/mol. The summed E-state index contributed by atoms with van der Waals surface area (Å²) in [7, 11) is 0. The summed E-state index contributed by atoms with van der Waals surface area (Å²) in [6, 6.07) is 81.9. The van der Waals surface area contributed by atoms with Gasteiger partial charge in [-0.3, -0.25) is 0 Å². The zero-order chi connectivity index (χ0) is 37.7. The van der Waals surface area contributed by atoms with Gasteiger partial charge in [0.2, 0.25) is 0 Å². The molecule has 0 N–H and O–H groups in total. The van der Waals surface area contributed by atoms with Crippen molar-refractivity contribution in [2.45, 2.75) is 0 Å². The molecule has 10 aromatic rings. The first-order valence-corrected chi connectivity index (χ1v) is 19.7. The van der Waals surface area contributed by atoms with Gasteiger partial charge in [-0.05, 0) is 155 Å². The molecule has 0 atom stereocenters. The van der Waals surface area contributed by atoms with Gasteiger partial charge in [0, 0.05) is 17.1 Å². The van der Waals surface area contributed by atoms with E-state index in [1.54, 1.807) is 0 Å². The summed E-state index contributed by atoms with van der Waals surface area (Å²) in [5, 5.41) is 5.02. The molecule has 1 aliphatic carbocycles. The van der Waals surface area contributed by atoms with Crippen LogP contribution in [0.5, 0.6) is 0 Å². The Kier molecular flexibility index (Phi) is 7.89. The average Bonchev–Trinajstić information content (AvgIpc) is 3.29. The van der Waals surface area contributed by atoms with Crippen molar-refractivity contribution in [3.8, 4) is 66.8 Å². The summed E-state index contributed by atoms with van der Waals surface area (Å²) in [6.07, 6.45) is 0. The van der Waals surface area contributed by atoms with Crippen molar-refractivity contribution in [3.63, 3.8) is 0 Å². The monoisotopic (exact) mass is 723 g/mol. The molecule has 1 heteroatoms. The quantitative estimate of drug-likeness (QED) is 0.158. The Bertz CT molecular complexity index is 3070. The Morgan fingerprint density at radius 2 is 0.544 bits per heavy atom. The van der Waals surface area contributed by atoms with Crippen LogP contribution in [-0.2, 0) is 0 Å². The molecule has 0 saturated carbocycles. The van der Waals surface area contributed by atoms with Gasteiger partial charge in [-0.1, -0.05) is 158 Å². The zero-order valence-electron chi connectivity index (χ0n) is 31.3. The fourth-order valence-corrected chi connectivity index (χ4v) is 8.55. The van der Waals surface area contributed by atoms with E-state index >= 15 is 0 Å². The molecular formula is C56H37N. The number of fused-ring (bicyclic) bond motifs is 6. The van der Waals surface area contributed by atoms with Crippen molar-refractivity contribution in [2.75, 3.05) is 4.90 Å². The summed E-state index contributed by atoms with van der Waals surface area (Å²) in [5.41, 5.74) is 18.4. The number of benzene rings is 10. The Labute approximate surface area is 333 Å². The molecule has 0 saturated heterocycles. The van der Waals surface area contributed by atoms with Crippen molar-refractivity contribution >= 4 is 38.6 Å². The predicted octanol–water partition coefficient (Wildman–Crippen LogP) is 15.8. The van der Waals surface area contributed by atoms with Crippen molar-refractivity contribution < 1.29 is 0 Å². The molecular weight excluding hydrogens is 687 g/mol. The molecule has 0 radical (unpaired) electrons. The van der Waals surface area contributed by atoms with Crippen molar-refractivity contribution in [1.29, 1.82) is 0 Å². The molecule has 0 heterocycles. The van der Waals surface area contributed by atoms with E-state index in [-0.39, 0.29) is 0 Å². The van der Waals surface area contributed by atoms with Crippen LogP contribution in [0, 0.1) is 0 Å². The fraction of sp³-hybridized carbons (Fsp3) is 0. The molecule has 57 heavy (non-hydrogen) atoms. The van der Waals surface area contributed by atoms with Gasteiger partial charge in [-0.2, -0.15) is 0 Å². The number of hydrogen-bond acceptors (Lipinski definition) is 1. The maximum absolute atomic E-state index is 2.39. The van der Waals surface area contributed by atoms with E-state index < -0.39 is 0 Å². The highest BCUT2D eigenvalue weighted by Crippen LogP contribution is 2.51. The van der Waals surface area contributed by atoms with Crippen LogP contribution in [0.2, 0.25) is 0 Å². The molecule has 0 spiro atoms. The first kappa shape index (κ1) is 32.9. The van der Waals surface area contributed by atoms with E-state index in [4.69, 9.17) is 0 Å². The van der Waals surface area contributed by atoms with E-state index in [1.165, 1.54) is 88.3 Å². The maximum Gasteiger partial charge on any atom is 0.0468 e. The van der Waals surface area contributed by atoms with Crippen LogP contribution in [-0.4, -0.2) is 0 Å². The van der Waals surface area contributed by atoms with Gasteiger partial charge in [0.15, 0.2) is 0 Å². The molecule has 1 aliphatic rings. The van der Waals surface area contributed by atoms with Crippen LogP contribution in [0.25, 0.3) is 88.3 Å². The summed E-state index contributed by atoms with van der Waals surface area (Å²) < 4.78 is 0. The summed E-state index contributed by atoms with van der Waals surface area (Å²) >= 11 is 0. The Morgan fingerprint density at radius 1 is 0.193 bits per heavy atom. The highest BCUT2D eigenvalue weighted by molar-refractivity contribution is 6.12. The molecule has 0 fully saturated rings. The molecule has 11 rings (SSSR count). The van der Waals surface area contributed by atoms with E-state index in [0.717, 1.165) is 17.1 Å². The standard InChI is InChI=1S/C56H37N/c1-4-11-38(12-5-1)41-19-21-43(22-20-41)44-17-10-18-51(32-44)57(50-28-25-42(26-29-50)39-13-6-2-7-14-39)52-30-27-47-35-54-53-34-46-24-23-45(40-15-8-3-9-16-40)31-48(46)36-55(53)56(54)37-49(47)33-52/h1-37H. The minimum atomic E-state index is 1.11. The van der Waals surface area contributed by atoms with E-state index in [0.29, 0.717) is 0 Å². The van der Waals surface area contributed by atoms with Gasteiger partial charge in [0.25, 0.3) is 0 Å². The first-order valence-electron chi connectivity index (χ1n) is 19.7. The average molecular weight is 724 g/mol. The van der Waals surface area contributed by atoms with Gasteiger partial charge < -0.3 is 4.90 Å². The molecule has 1 nitrogen and oxygen atoms in total. The highest BCUT2D eigenvalue weighted by atomic mass is 15.1. The smallest absolute Gasteiger partial charge is 0.0468 e. The SMILES string of the molecule is c1ccc(-c2ccc(-c3cccc(N(c4ccc(-c5ccccc5)cc4)c4ccc5cc6c(cc5c4)-c4cc5cc(-c7ccccc7)ccc5cc4-6)c3)cc2)cc1. The third-order valence-corrected chi connectivity index (χ3v) is 11.5. The van der Waals surface area contributed by atoms with Crippen molar-refractivity contribution in [3.05, 3.63) is 224 Å². The third kappa shape index (κ3) is 5.98. The van der Waals surface area contributed by atoms with Gasteiger partial charge in [0.1, 0.15) is 0 Å². The van der Waals surface area contributed by atoms with Crippen molar-refractivity contribution in [2.24, 2.45) is 0 Å². The van der Waals surface area contributed by atoms with Gasteiger partial charge in [-0.25, -0.2) is 0 Å². The molecule has 266 valence electrons. The fourth-order valence-electron chi connectivity index (χ4n) is 8.55. The Balaban J connectivity index is 0.988. The van der Waals surface area contributed by atoms with Crippen LogP contribution in [0.1, 0.15) is 0 Å². The van der Waals surface area contributed by atoms with Gasteiger partial charge in [0.05, 0.1) is 0 Å². The Hall–Kier alpha value is -7.48. The largest absolute Gasteiger partial charge is 0.310 e. The van der Waals surface area contributed by atoms with Gasteiger partial charge >= 0.3 is 0 Å². The van der Waals surface area contributed by atoms with E-state index in [1.807, 2.05) is 0 Å². The van der Waals surface area contributed by atoms with Crippen LogP contribution >= 0.6 is 0 Å². The molecule has 0 aliphatic heterocycles. The second-order valence-electron chi connectivity index (χ2n) is 15.0. The minimum absolute atomic E-state index is 1.11. The van der Waals surface area contributed by atoms with Crippen LogP contribution < -0.4 is 4.90 Å². The second kappa shape index (κ2) is 13.7. The number of nitrogens with zero attached hydrogens (tertiary/aromatic N) is 1. The second-order valence-corrected chi connectivity index (χ2v) is 15.0. The molecule has 10 aromatic carbocycles. The normalized spacial score (nSPS) is 11.5. The van der Waals surface area contributed by atoms with E-state index in [9.17, 15) is 0 Å². The number of rotatable bonds is 7. The van der Waals surface area contributed by atoms with Crippen molar-refractivity contribution in [1.82, 2.24) is 0 Å².